The lowest BCUT2D eigenvalue weighted by atomic mass is 9.98. The minimum atomic E-state index is 0.600. The number of nitrogens with zero attached hydrogens (tertiary/aromatic N) is 3. The van der Waals surface area contributed by atoms with Gasteiger partial charge >= 0.3 is 0 Å². The molecule has 0 amide bonds. The van der Waals surface area contributed by atoms with Crippen molar-refractivity contribution in [3.8, 4) is 0 Å². The molecule has 1 atom stereocenters. The standard InChI is InChI=1S/C14H25N3/c1-10(2)13-6-7-17-14(12(5)8-15-17)9-16(13)11(3)4/h8,10-11,13H,6-7,9H2,1-5H3. The largest absolute Gasteiger partial charge is 0.292 e. The lowest BCUT2D eigenvalue weighted by molar-refractivity contribution is 0.107. The lowest BCUT2D eigenvalue weighted by Gasteiger charge is -2.35. The van der Waals surface area contributed by atoms with Gasteiger partial charge in [-0.05, 0) is 38.7 Å². The van der Waals surface area contributed by atoms with Crippen molar-refractivity contribution in [2.24, 2.45) is 5.92 Å². The Hall–Kier alpha value is -0.830. The molecule has 0 N–H and O–H groups in total. The zero-order valence-electron chi connectivity index (χ0n) is 11.8. The van der Waals surface area contributed by atoms with Crippen LogP contribution >= 0.6 is 0 Å². The Bertz CT molecular complexity index is 379. The van der Waals surface area contributed by atoms with E-state index in [0.29, 0.717) is 18.0 Å². The molecule has 0 bridgehead atoms. The van der Waals surface area contributed by atoms with Gasteiger partial charge in [-0.3, -0.25) is 9.58 Å². The molecule has 1 aromatic heterocycles. The van der Waals surface area contributed by atoms with Crippen molar-refractivity contribution in [2.75, 3.05) is 0 Å². The van der Waals surface area contributed by atoms with Crippen LogP contribution in [0.4, 0.5) is 0 Å². The normalized spacial score (nSPS) is 21.9. The zero-order chi connectivity index (χ0) is 12.6. The Morgan fingerprint density at radius 2 is 2.00 bits per heavy atom. The fourth-order valence-electron chi connectivity index (χ4n) is 2.90. The van der Waals surface area contributed by atoms with Gasteiger partial charge in [-0.25, -0.2) is 0 Å². The summed E-state index contributed by atoms with van der Waals surface area (Å²) in [6, 6.07) is 1.28. The summed E-state index contributed by atoms with van der Waals surface area (Å²) in [5.74, 6) is 0.710. The van der Waals surface area contributed by atoms with Gasteiger partial charge in [0.25, 0.3) is 0 Å². The molecule has 0 fully saturated rings. The van der Waals surface area contributed by atoms with Gasteiger partial charge < -0.3 is 0 Å². The minimum absolute atomic E-state index is 0.600. The molecule has 1 aliphatic heterocycles. The molecule has 1 aliphatic rings. The second-order valence-corrected chi connectivity index (χ2v) is 5.86. The van der Waals surface area contributed by atoms with Crippen LogP contribution in [0, 0.1) is 12.8 Å². The smallest absolute Gasteiger partial charge is 0.0553 e. The quantitative estimate of drug-likeness (QED) is 0.786. The Labute approximate surface area is 105 Å². The fourth-order valence-corrected chi connectivity index (χ4v) is 2.90. The van der Waals surface area contributed by atoms with Crippen LogP contribution in [0.3, 0.4) is 0 Å². The predicted molar refractivity (Wildman–Crippen MR) is 70.9 cm³/mol. The van der Waals surface area contributed by atoms with E-state index in [4.69, 9.17) is 0 Å². The predicted octanol–water partition coefficient (Wildman–Crippen LogP) is 2.83. The van der Waals surface area contributed by atoms with E-state index in [9.17, 15) is 0 Å². The lowest BCUT2D eigenvalue weighted by Crippen LogP contribution is -2.42. The molecule has 0 spiro atoms. The Morgan fingerprint density at radius 1 is 1.29 bits per heavy atom. The van der Waals surface area contributed by atoms with E-state index in [1.807, 2.05) is 6.20 Å². The van der Waals surface area contributed by atoms with Crippen molar-refractivity contribution < 1.29 is 0 Å². The van der Waals surface area contributed by atoms with E-state index < -0.39 is 0 Å². The molecule has 2 rings (SSSR count). The van der Waals surface area contributed by atoms with Crippen LogP contribution in [0.2, 0.25) is 0 Å². The van der Waals surface area contributed by atoms with Gasteiger partial charge in [-0.1, -0.05) is 13.8 Å². The first-order valence-electron chi connectivity index (χ1n) is 6.77. The van der Waals surface area contributed by atoms with E-state index in [1.54, 1.807) is 0 Å². The molecule has 17 heavy (non-hydrogen) atoms. The summed E-state index contributed by atoms with van der Waals surface area (Å²) in [4.78, 5) is 2.64. The van der Waals surface area contributed by atoms with E-state index in [1.165, 1.54) is 17.7 Å². The van der Waals surface area contributed by atoms with E-state index in [2.05, 4.69) is 49.3 Å². The number of aryl methyl sites for hydroxylation is 2. The van der Waals surface area contributed by atoms with Crippen LogP contribution in [0.25, 0.3) is 0 Å². The van der Waals surface area contributed by atoms with Crippen LogP contribution in [-0.2, 0) is 13.1 Å². The molecule has 3 heteroatoms. The van der Waals surface area contributed by atoms with Gasteiger partial charge in [0, 0.05) is 25.2 Å². The second-order valence-electron chi connectivity index (χ2n) is 5.86. The molecule has 3 nitrogen and oxygen atoms in total. The molecule has 0 radical (unpaired) electrons. The van der Waals surface area contributed by atoms with Crippen LogP contribution in [0.15, 0.2) is 6.20 Å². The average molecular weight is 235 g/mol. The van der Waals surface area contributed by atoms with Crippen LogP contribution < -0.4 is 0 Å². The van der Waals surface area contributed by atoms with Crippen LogP contribution in [0.5, 0.6) is 0 Å². The minimum Gasteiger partial charge on any atom is -0.292 e. The maximum absolute atomic E-state index is 4.49. The highest BCUT2D eigenvalue weighted by Gasteiger charge is 2.28. The fraction of sp³-hybridized carbons (Fsp3) is 0.786. The van der Waals surface area contributed by atoms with E-state index in [-0.39, 0.29) is 0 Å². The molecule has 96 valence electrons. The topological polar surface area (TPSA) is 21.1 Å². The number of rotatable bonds is 2. The monoisotopic (exact) mass is 235 g/mol. The number of hydrogen-bond donors (Lipinski definition) is 0. The SMILES string of the molecule is Cc1cnn2c1CN(C(C)C)C(C(C)C)CC2. The molecule has 0 aromatic carbocycles. The number of hydrogen-bond acceptors (Lipinski definition) is 2. The van der Waals surface area contributed by atoms with Crippen LogP contribution in [-0.4, -0.2) is 26.8 Å². The molecule has 1 aromatic rings. The highest BCUT2D eigenvalue weighted by molar-refractivity contribution is 5.16. The summed E-state index contributed by atoms with van der Waals surface area (Å²) in [5.41, 5.74) is 2.74. The van der Waals surface area contributed by atoms with Gasteiger partial charge in [0.05, 0.1) is 11.9 Å². The van der Waals surface area contributed by atoms with Gasteiger partial charge in [-0.15, -0.1) is 0 Å². The van der Waals surface area contributed by atoms with Gasteiger partial charge in [0.2, 0.25) is 0 Å². The molecule has 1 unspecified atom stereocenters. The molecule has 0 saturated carbocycles. The summed E-state index contributed by atoms with van der Waals surface area (Å²) in [6.07, 6.45) is 3.22. The third kappa shape index (κ3) is 2.39. The van der Waals surface area contributed by atoms with Gasteiger partial charge in [-0.2, -0.15) is 5.10 Å². The van der Waals surface area contributed by atoms with Crippen molar-refractivity contribution in [3.05, 3.63) is 17.5 Å². The molecule has 0 saturated heterocycles. The first-order chi connectivity index (χ1) is 8.00. The molecular weight excluding hydrogens is 210 g/mol. The summed E-state index contributed by atoms with van der Waals surface area (Å²) in [7, 11) is 0. The third-order valence-electron chi connectivity index (χ3n) is 3.99. The van der Waals surface area contributed by atoms with E-state index in [0.717, 1.165) is 13.1 Å². The van der Waals surface area contributed by atoms with Crippen molar-refractivity contribution >= 4 is 0 Å². The van der Waals surface area contributed by atoms with Crippen molar-refractivity contribution in [3.63, 3.8) is 0 Å². The van der Waals surface area contributed by atoms with Crippen molar-refractivity contribution in [2.45, 2.75) is 66.2 Å². The maximum atomic E-state index is 4.49. The van der Waals surface area contributed by atoms with Crippen LogP contribution in [0.1, 0.15) is 45.4 Å². The average Bonchev–Trinajstić information content (AvgIpc) is 2.50. The highest BCUT2D eigenvalue weighted by atomic mass is 15.3. The molecule has 2 heterocycles. The van der Waals surface area contributed by atoms with Gasteiger partial charge in [0.1, 0.15) is 0 Å². The first kappa shape index (κ1) is 12.6. The Balaban J connectivity index is 2.30. The van der Waals surface area contributed by atoms with Gasteiger partial charge in [0.15, 0.2) is 0 Å². The van der Waals surface area contributed by atoms with Crippen molar-refractivity contribution in [1.29, 1.82) is 0 Å². The van der Waals surface area contributed by atoms with E-state index >= 15 is 0 Å². The summed E-state index contributed by atoms with van der Waals surface area (Å²) in [6.45, 7) is 13.6. The molecular formula is C14H25N3. The highest BCUT2D eigenvalue weighted by Crippen LogP contribution is 2.25. The number of fused-ring (bicyclic) bond motifs is 1. The Kier molecular flexibility index (Phi) is 3.57. The number of aromatic nitrogens is 2. The first-order valence-corrected chi connectivity index (χ1v) is 6.77. The maximum Gasteiger partial charge on any atom is 0.0553 e. The zero-order valence-corrected chi connectivity index (χ0v) is 11.8. The summed E-state index contributed by atoms with van der Waals surface area (Å²) < 4.78 is 2.20. The van der Waals surface area contributed by atoms with Crippen molar-refractivity contribution in [1.82, 2.24) is 14.7 Å². The summed E-state index contributed by atoms with van der Waals surface area (Å²) >= 11 is 0. The second kappa shape index (κ2) is 4.81. The summed E-state index contributed by atoms with van der Waals surface area (Å²) in [5, 5.41) is 4.49. The third-order valence-corrected chi connectivity index (χ3v) is 3.99. The molecule has 0 aliphatic carbocycles. The Morgan fingerprint density at radius 3 is 2.59 bits per heavy atom.